The number of carbonyl (C=O) groups is 1. The van der Waals surface area contributed by atoms with Crippen LogP contribution in [0.2, 0.25) is 0 Å². The van der Waals surface area contributed by atoms with E-state index >= 15 is 0 Å². The van der Waals surface area contributed by atoms with E-state index in [1.807, 2.05) is 0 Å². The van der Waals surface area contributed by atoms with E-state index in [1.165, 1.54) is 0 Å². The maximum atomic E-state index is 12.0. The minimum absolute atomic E-state index is 0.00408. The molecule has 1 N–H and O–H groups in total. The van der Waals surface area contributed by atoms with Gasteiger partial charge in [0.25, 0.3) is 0 Å². The number of carbonyl (C=O) groups excluding carboxylic acids is 1. The van der Waals surface area contributed by atoms with Crippen molar-refractivity contribution in [3.8, 4) is 5.75 Å². The summed E-state index contributed by atoms with van der Waals surface area (Å²) in [5.41, 5.74) is -0.00696. The summed E-state index contributed by atoms with van der Waals surface area (Å²) in [4.78, 5) is 11.5. The number of benzene rings is 1. The van der Waals surface area contributed by atoms with Crippen LogP contribution in [0.25, 0.3) is 0 Å². The monoisotopic (exact) mass is 255 g/mol. The van der Waals surface area contributed by atoms with Crippen molar-refractivity contribution in [3.63, 3.8) is 0 Å². The zero-order valence-electron chi connectivity index (χ0n) is 10.8. The molecule has 0 aliphatic rings. The number of amides is 1. The highest BCUT2D eigenvalue weighted by Crippen LogP contribution is 2.18. The fourth-order valence-corrected chi connectivity index (χ4v) is 1.24. The first-order chi connectivity index (χ1) is 8.40. The summed E-state index contributed by atoms with van der Waals surface area (Å²) in [6.07, 6.45) is -0.537. The van der Waals surface area contributed by atoms with Crippen molar-refractivity contribution >= 4 is 11.8 Å². The van der Waals surface area contributed by atoms with Crippen molar-refractivity contribution < 1.29 is 18.7 Å². The van der Waals surface area contributed by atoms with Gasteiger partial charge in [-0.2, -0.15) is 0 Å². The van der Waals surface area contributed by atoms with Gasteiger partial charge in [0.2, 0.25) is 0 Å². The Labute approximate surface area is 106 Å². The van der Waals surface area contributed by atoms with Crippen LogP contribution in [0.1, 0.15) is 20.8 Å². The topological polar surface area (TPSA) is 47.6 Å². The Balaban J connectivity index is 2.59. The number of hydrogen-bond acceptors (Lipinski definition) is 3. The molecule has 1 amide bonds. The fourth-order valence-electron chi connectivity index (χ4n) is 1.24. The highest BCUT2D eigenvalue weighted by atomic mass is 19.1. The average Bonchev–Trinajstić information content (AvgIpc) is 2.24. The Hall–Kier alpha value is -1.78. The molecule has 100 valence electrons. The van der Waals surface area contributed by atoms with E-state index in [0.717, 1.165) is 0 Å². The summed E-state index contributed by atoms with van der Waals surface area (Å²) in [5, 5.41) is 2.58. The number of ether oxygens (including phenoxy) is 2. The SMILES string of the molecule is CC(C)(C)OC(=O)Nc1cccc(OCCF)c1. The Morgan fingerprint density at radius 3 is 2.72 bits per heavy atom. The second-order valence-corrected chi connectivity index (χ2v) is 4.69. The van der Waals surface area contributed by atoms with Crippen molar-refractivity contribution in [3.05, 3.63) is 24.3 Å². The lowest BCUT2D eigenvalue weighted by molar-refractivity contribution is 0.0636. The molecule has 0 aliphatic heterocycles. The van der Waals surface area contributed by atoms with E-state index in [1.54, 1.807) is 45.0 Å². The molecule has 4 nitrogen and oxygen atoms in total. The van der Waals surface area contributed by atoms with Crippen LogP contribution in [0, 0.1) is 0 Å². The molecule has 0 radical (unpaired) electrons. The molecule has 0 atom stereocenters. The quantitative estimate of drug-likeness (QED) is 0.897. The number of halogens is 1. The predicted molar refractivity (Wildman–Crippen MR) is 67.8 cm³/mol. The van der Waals surface area contributed by atoms with Gasteiger partial charge in [-0.1, -0.05) is 6.07 Å². The van der Waals surface area contributed by atoms with Gasteiger partial charge in [0.05, 0.1) is 0 Å². The van der Waals surface area contributed by atoms with Crippen LogP contribution in [0.15, 0.2) is 24.3 Å². The van der Waals surface area contributed by atoms with E-state index in [4.69, 9.17) is 9.47 Å². The Bertz CT molecular complexity index is 401. The normalized spacial score (nSPS) is 10.9. The van der Waals surface area contributed by atoms with Gasteiger partial charge in [0.15, 0.2) is 0 Å². The standard InChI is InChI=1S/C13H18FNO3/c1-13(2,3)18-12(16)15-10-5-4-6-11(9-10)17-8-7-14/h4-6,9H,7-8H2,1-3H3,(H,15,16). The number of hydrogen-bond donors (Lipinski definition) is 1. The van der Waals surface area contributed by atoms with Gasteiger partial charge in [0.1, 0.15) is 24.6 Å². The summed E-state index contributed by atoms with van der Waals surface area (Å²) in [7, 11) is 0. The van der Waals surface area contributed by atoms with Gasteiger partial charge >= 0.3 is 6.09 Å². The summed E-state index contributed by atoms with van der Waals surface area (Å²) in [6, 6.07) is 6.71. The first-order valence-corrected chi connectivity index (χ1v) is 5.69. The molecule has 0 saturated heterocycles. The molecule has 0 spiro atoms. The van der Waals surface area contributed by atoms with Crippen LogP contribution < -0.4 is 10.1 Å². The van der Waals surface area contributed by atoms with Crippen LogP contribution in [0.4, 0.5) is 14.9 Å². The van der Waals surface area contributed by atoms with Crippen LogP contribution in [-0.2, 0) is 4.74 Å². The van der Waals surface area contributed by atoms with Gasteiger partial charge in [-0.25, -0.2) is 9.18 Å². The molecule has 5 heteroatoms. The first kappa shape index (κ1) is 14.3. The Morgan fingerprint density at radius 2 is 2.11 bits per heavy atom. The average molecular weight is 255 g/mol. The predicted octanol–water partition coefficient (Wildman–Crippen LogP) is 3.38. The minimum atomic E-state index is -0.552. The second kappa shape index (κ2) is 6.23. The van der Waals surface area contributed by atoms with Crippen molar-refractivity contribution in [2.45, 2.75) is 26.4 Å². The third-order valence-electron chi connectivity index (χ3n) is 1.83. The van der Waals surface area contributed by atoms with Crippen molar-refractivity contribution in [2.24, 2.45) is 0 Å². The number of anilines is 1. The van der Waals surface area contributed by atoms with Crippen LogP contribution in [0.5, 0.6) is 5.75 Å². The molecule has 0 unspecified atom stereocenters. The molecular weight excluding hydrogens is 237 g/mol. The maximum absolute atomic E-state index is 12.0. The number of rotatable bonds is 4. The summed E-state index contributed by atoms with van der Waals surface area (Å²) < 4.78 is 22.2. The Kier molecular flexibility index (Phi) is 4.95. The lowest BCUT2D eigenvalue weighted by Gasteiger charge is -2.19. The Morgan fingerprint density at radius 1 is 1.39 bits per heavy atom. The van der Waals surface area contributed by atoms with Crippen molar-refractivity contribution in [2.75, 3.05) is 18.6 Å². The zero-order chi connectivity index (χ0) is 13.6. The summed E-state index contributed by atoms with van der Waals surface area (Å²) >= 11 is 0. The third kappa shape index (κ3) is 5.52. The molecule has 0 saturated carbocycles. The molecule has 0 bridgehead atoms. The van der Waals surface area contributed by atoms with Gasteiger partial charge in [-0.3, -0.25) is 5.32 Å². The van der Waals surface area contributed by atoms with Crippen molar-refractivity contribution in [1.82, 2.24) is 0 Å². The highest BCUT2D eigenvalue weighted by Gasteiger charge is 2.16. The second-order valence-electron chi connectivity index (χ2n) is 4.69. The van der Waals surface area contributed by atoms with Crippen molar-refractivity contribution in [1.29, 1.82) is 0 Å². The third-order valence-corrected chi connectivity index (χ3v) is 1.83. The molecule has 1 aromatic carbocycles. The largest absolute Gasteiger partial charge is 0.491 e. The molecule has 0 aromatic heterocycles. The van der Waals surface area contributed by atoms with Gasteiger partial charge < -0.3 is 9.47 Å². The first-order valence-electron chi connectivity index (χ1n) is 5.69. The molecular formula is C13H18FNO3. The molecule has 0 fully saturated rings. The minimum Gasteiger partial charge on any atom is -0.491 e. The van der Waals surface area contributed by atoms with Gasteiger partial charge in [0, 0.05) is 11.8 Å². The smallest absolute Gasteiger partial charge is 0.412 e. The highest BCUT2D eigenvalue weighted by molar-refractivity contribution is 5.85. The van der Waals surface area contributed by atoms with E-state index in [-0.39, 0.29) is 6.61 Å². The zero-order valence-corrected chi connectivity index (χ0v) is 10.8. The van der Waals surface area contributed by atoms with E-state index in [9.17, 15) is 9.18 Å². The lowest BCUT2D eigenvalue weighted by atomic mass is 10.2. The molecule has 18 heavy (non-hydrogen) atoms. The van der Waals surface area contributed by atoms with Gasteiger partial charge in [-0.15, -0.1) is 0 Å². The molecule has 0 aliphatic carbocycles. The fraction of sp³-hybridized carbons (Fsp3) is 0.462. The van der Waals surface area contributed by atoms with Crippen LogP contribution in [-0.4, -0.2) is 25.0 Å². The summed E-state index contributed by atoms with van der Waals surface area (Å²) in [5.74, 6) is 0.501. The maximum Gasteiger partial charge on any atom is 0.412 e. The number of alkyl halides is 1. The van der Waals surface area contributed by atoms with Gasteiger partial charge in [-0.05, 0) is 32.9 Å². The number of nitrogens with one attached hydrogen (secondary N) is 1. The lowest BCUT2D eigenvalue weighted by Crippen LogP contribution is -2.27. The summed E-state index contributed by atoms with van der Waals surface area (Å²) in [6.45, 7) is 4.80. The van der Waals surface area contributed by atoms with Crippen LogP contribution in [0.3, 0.4) is 0 Å². The van der Waals surface area contributed by atoms with E-state index in [0.29, 0.717) is 11.4 Å². The van der Waals surface area contributed by atoms with E-state index < -0.39 is 18.4 Å². The molecule has 1 aromatic rings. The van der Waals surface area contributed by atoms with E-state index in [2.05, 4.69) is 5.32 Å². The molecule has 1 rings (SSSR count). The molecule has 0 heterocycles. The van der Waals surface area contributed by atoms with Crippen LogP contribution >= 0.6 is 0 Å².